The van der Waals surface area contributed by atoms with Crippen LogP contribution < -0.4 is 5.32 Å². The predicted octanol–water partition coefficient (Wildman–Crippen LogP) is 1.38. The molecule has 1 unspecified atom stereocenters. The van der Waals surface area contributed by atoms with E-state index in [4.69, 9.17) is 9.26 Å². The average molecular weight is 464 g/mol. The molecule has 25 heavy (non-hydrogen) atoms. The summed E-state index contributed by atoms with van der Waals surface area (Å²) in [5.74, 6) is 1.97. The van der Waals surface area contributed by atoms with Gasteiger partial charge in [-0.25, -0.2) is 4.79 Å². The fourth-order valence-electron chi connectivity index (χ4n) is 2.79. The lowest BCUT2D eigenvalue weighted by atomic mass is 10.2. The Morgan fingerprint density at radius 1 is 1.40 bits per heavy atom. The number of hydrogen-bond donors (Lipinski definition) is 1. The molecule has 3 rings (SSSR count). The highest BCUT2D eigenvalue weighted by Gasteiger charge is 2.36. The first-order valence-electron chi connectivity index (χ1n) is 8.14. The van der Waals surface area contributed by atoms with Gasteiger partial charge in [0.2, 0.25) is 5.89 Å². The van der Waals surface area contributed by atoms with Gasteiger partial charge >= 0.3 is 6.09 Å². The van der Waals surface area contributed by atoms with Gasteiger partial charge in [0.05, 0.1) is 19.1 Å². The average Bonchev–Trinajstić information content (AvgIpc) is 3.08. The van der Waals surface area contributed by atoms with E-state index in [0.29, 0.717) is 37.9 Å². The lowest BCUT2D eigenvalue weighted by Gasteiger charge is -2.39. The van der Waals surface area contributed by atoms with Crippen molar-refractivity contribution in [3.8, 4) is 0 Å². The first-order valence-corrected chi connectivity index (χ1v) is 8.14. The fraction of sp³-hybridized carbons (Fsp3) is 0.733. The Balaban J connectivity index is 0.00000225. The van der Waals surface area contributed by atoms with Crippen molar-refractivity contribution in [2.75, 3.05) is 26.2 Å². The molecule has 0 bridgehead atoms. The number of aryl methyl sites for hydroxylation is 1. The normalized spacial score (nSPS) is 19.8. The van der Waals surface area contributed by atoms with Gasteiger partial charge in [-0.3, -0.25) is 4.99 Å². The summed E-state index contributed by atoms with van der Waals surface area (Å²) in [5, 5.41) is 7.11. The number of ether oxygens (including phenoxy) is 1. The molecule has 1 aromatic rings. The summed E-state index contributed by atoms with van der Waals surface area (Å²) in [6.07, 6.45) is -0.258. The number of fused-ring (bicyclic) bond motifs is 1. The second-order valence-corrected chi connectivity index (χ2v) is 7.02. The molecule has 0 saturated carbocycles. The van der Waals surface area contributed by atoms with Crippen molar-refractivity contribution in [3.05, 3.63) is 11.7 Å². The molecule has 10 heteroatoms. The van der Waals surface area contributed by atoms with Gasteiger partial charge in [0.1, 0.15) is 5.60 Å². The number of rotatable bonds is 2. The smallest absolute Gasteiger partial charge is 0.410 e. The van der Waals surface area contributed by atoms with Gasteiger partial charge in [-0.15, -0.1) is 24.0 Å². The van der Waals surface area contributed by atoms with Crippen LogP contribution in [-0.4, -0.2) is 69.8 Å². The van der Waals surface area contributed by atoms with Crippen molar-refractivity contribution >= 4 is 36.0 Å². The van der Waals surface area contributed by atoms with Crippen LogP contribution in [-0.2, 0) is 11.3 Å². The molecule has 0 aromatic carbocycles. The number of carbonyl (C=O) groups is 1. The molecule has 1 N–H and O–H groups in total. The molecule has 1 saturated heterocycles. The number of aliphatic imine (C=N–C) groups is 1. The highest BCUT2D eigenvalue weighted by Crippen LogP contribution is 2.18. The second-order valence-electron chi connectivity index (χ2n) is 7.02. The summed E-state index contributed by atoms with van der Waals surface area (Å²) in [6, 6.07) is 0.181. The van der Waals surface area contributed by atoms with Crippen molar-refractivity contribution in [1.29, 1.82) is 0 Å². The molecule has 1 atom stereocenters. The van der Waals surface area contributed by atoms with Crippen LogP contribution >= 0.6 is 24.0 Å². The van der Waals surface area contributed by atoms with E-state index in [1.54, 1.807) is 11.8 Å². The number of piperazine rings is 1. The predicted molar refractivity (Wildman–Crippen MR) is 102 cm³/mol. The van der Waals surface area contributed by atoms with E-state index in [0.717, 1.165) is 12.5 Å². The molecule has 3 heterocycles. The minimum Gasteiger partial charge on any atom is -0.444 e. The second kappa shape index (κ2) is 7.75. The Bertz CT molecular complexity index is 641. The van der Waals surface area contributed by atoms with Crippen LogP contribution in [0.25, 0.3) is 0 Å². The molecule has 1 aromatic heterocycles. The topological polar surface area (TPSA) is 96.1 Å². The minimum atomic E-state index is -0.476. The number of halogens is 1. The van der Waals surface area contributed by atoms with Crippen LogP contribution in [0.15, 0.2) is 9.52 Å². The van der Waals surface area contributed by atoms with Crippen LogP contribution in [0, 0.1) is 6.92 Å². The van der Waals surface area contributed by atoms with Crippen LogP contribution in [0.1, 0.15) is 32.5 Å². The molecular formula is C15H25IN6O3. The number of amides is 1. The Labute approximate surface area is 164 Å². The zero-order valence-electron chi connectivity index (χ0n) is 15.0. The molecule has 1 fully saturated rings. The third-order valence-electron chi connectivity index (χ3n) is 3.83. The third-order valence-corrected chi connectivity index (χ3v) is 3.83. The van der Waals surface area contributed by atoms with E-state index in [2.05, 4.69) is 25.3 Å². The molecule has 2 aliphatic heterocycles. The largest absolute Gasteiger partial charge is 0.444 e. The number of aromatic nitrogens is 2. The summed E-state index contributed by atoms with van der Waals surface area (Å²) in [6.45, 7) is 10.5. The van der Waals surface area contributed by atoms with E-state index in [-0.39, 0.29) is 36.1 Å². The summed E-state index contributed by atoms with van der Waals surface area (Å²) in [5.41, 5.74) is -0.476. The minimum absolute atomic E-state index is 0. The molecule has 0 spiro atoms. The van der Waals surface area contributed by atoms with E-state index in [9.17, 15) is 4.79 Å². The standard InChI is InChI=1S/C15H24N6O3.HI/c1-10-18-12(19-24-10)8-17-13-16-7-11-9-20(5-6-21(11)13)14(22)23-15(2,3)4;/h11H,5-9H2,1-4H3,(H,16,17);1H. The SMILES string of the molecule is Cc1nc(CNC2=NCC3CN(C(=O)OC(C)(C)C)CCN23)no1.I. The maximum atomic E-state index is 12.2. The van der Waals surface area contributed by atoms with Crippen LogP contribution in [0.3, 0.4) is 0 Å². The van der Waals surface area contributed by atoms with Gasteiger partial charge in [0.15, 0.2) is 11.8 Å². The summed E-state index contributed by atoms with van der Waals surface area (Å²) in [7, 11) is 0. The Hall–Kier alpha value is -1.59. The van der Waals surface area contributed by atoms with E-state index in [1.807, 2.05) is 20.8 Å². The summed E-state index contributed by atoms with van der Waals surface area (Å²) in [4.78, 5) is 24.8. The summed E-state index contributed by atoms with van der Waals surface area (Å²) >= 11 is 0. The van der Waals surface area contributed by atoms with Crippen molar-refractivity contribution in [1.82, 2.24) is 25.3 Å². The zero-order valence-corrected chi connectivity index (χ0v) is 17.3. The molecular weight excluding hydrogens is 439 g/mol. The number of carbonyl (C=O) groups excluding carboxylic acids is 1. The Morgan fingerprint density at radius 3 is 2.80 bits per heavy atom. The molecule has 1 amide bonds. The molecule has 140 valence electrons. The first-order chi connectivity index (χ1) is 11.3. The van der Waals surface area contributed by atoms with Crippen molar-refractivity contribution in [2.24, 2.45) is 4.99 Å². The van der Waals surface area contributed by atoms with Gasteiger partial charge < -0.3 is 24.4 Å². The maximum Gasteiger partial charge on any atom is 0.410 e. The molecule has 0 radical (unpaired) electrons. The highest BCUT2D eigenvalue weighted by molar-refractivity contribution is 14.0. The maximum absolute atomic E-state index is 12.2. The van der Waals surface area contributed by atoms with Gasteiger partial charge in [0.25, 0.3) is 0 Å². The zero-order chi connectivity index (χ0) is 17.3. The van der Waals surface area contributed by atoms with Gasteiger partial charge in [-0.2, -0.15) is 4.98 Å². The number of guanidine groups is 1. The van der Waals surface area contributed by atoms with Crippen molar-refractivity contribution < 1.29 is 14.1 Å². The fourth-order valence-corrected chi connectivity index (χ4v) is 2.79. The van der Waals surface area contributed by atoms with Gasteiger partial charge in [0, 0.05) is 26.6 Å². The van der Waals surface area contributed by atoms with E-state index >= 15 is 0 Å². The molecule has 2 aliphatic rings. The van der Waals surface area contributed by atoms with Crippen LogP contribution in [0.4, 0.5) is 4.79 Å². The van der Waals surface area contributed by atoms with Crippen molar-refractivity contribution in [3.63, 3.8) is 0 Å². The highest BCUT2D eigenvalue weighted by atomic mass is 127. The van der Waals surface area contributed by atoms with Gasteiger partial charge in [-0.1, -0.05) is 5.16 Å². The Morgan fingerprint density at radius 2 is 2.16 bits per heavy atom. The third kappa shape index (κ3) is 4.95. The lowest BCUT2D eigenvalue weighted by molar-refractivity contribution is 0.0137. The quantitative estimate of drug-likeness (QED) is 0.661. The monoisotopic (exact) mass is 464 g/mol. The Kier molecular flexibility index (Phi) is 6.12. The number of nitrogens with one attached hydrogen (secondary N) is 1. The van der Waals surface area contributed by atoms with E-state index in [1.165, 1.54) is 0 Å². The first kappa shape index (κ1) is 19.7. The van der Waals surface area contributed by atoms with Crippen molar-refractivity contribution in [2.45, 2.75) is 45.9 Å². The van der Waals surface area contributed by atoms with Crippen LogP contribution in [0.5, 0.6) is 0 Å². The van der Waals surface area contributed by atoms with E-state index < -0.39 is 5.60 Å². The lowest BCUT2D eigenvalue weighted by Crippen LogP contribution is -2.57. The summed E-state index contributed by atoms with van der Waals surface area (Å²) < 4.78 is 10.4. The van der Waals surface area contributed by atoms with Gasteiger partial charge in [-0.05, 0) is 20.8 Å². The molecule has 0 aliphatic carbocycles. The molecule has 9 nitrogen and oxygen atoms in total. The van der Waals surface area contributed by atoms with Crippen LogP contribution in [0.2, 0.25) is 0 Å². The number of nitrogens with zero attached hydrogens (tertiary/aromatic N) is 5. The number of hydrogen-bond acceptors (Lipinski definition) is 8.